The van der Waals surface area contributed by atoms with Gasteiger partial charge in [0.2, 0.25) is 0 Å². The largest absolute Gasteiger partial charge is 0.328 e. The van der Waals surface area contributed by atoms with E-state index < -0.39 is 0 Å². The second-order valence-corrected chi connectivity index (χ2v) is 6.17. The van der Waals surface area contributed by atoms with Crippen LogP contribution in [0.3, 0.4) is 0 Å². The van der Waals surface area contributed by atoms with Gasteiger partial charge in [-0.15, -0.1) is 0 Å². The molecule has 2 rings (SSSR count). The van der Waals surface area contributed by atoms with Crippen LogP contribution < -0.4 is 5.73 Å². The molecule has 2 aliphatic rings. The molecule has 2 N–H and O–H groups in total. The van der Waals surface area contributed by atoms with E-state index in [-0.39, 0.29) is 0 Å². The Morgan fingerprint density at radius 3 is 2.31 bits per heavy atom. The number of hydrogen-bond acceptors (Lipinski definition) is 2. The molecule has 0 aromatic carbocycles. The minimum Gasteiger partial charge on any atom is -0.328 e. The van der Waals surface area contributed by atoms with Crippen molar-refractivity contribution >= 4 is 0 Å². The highest BCUT2D eigenvalue weighted by atomic mass is 15.1. The van der Waals surface area contributed by atoms with Crippen molar-refractivity contribution in [2.75, 3.05) is 19.6 Å². The molecule has 1 atom stereocenters. The van der Waals surface area contributed by atoms with Crippen molar-refractivity contribution in [1.82, 2.24) is 4.90 Å². The van der Waals surface area contributed by atoms with E-state index >= 15 is 0 Å². The van der Waals surface area contributed by atoms with Crippen molar-refractivity contribution in [2.45, 2.75) is 64.3 Å². The van der Waals surface area contributed by atoms with Gasteiger partial charge < -0.3 is 10.6 Å². The summed E-state index contributed by atoms with van der Waals surface area (Å²) in [7, 11) is 0. The fraction of sp³-hybridized carbons (Fsp3) is 1.00. The molecule has 0 aromatic heterocycles. The van der Waals surface area contributed by atoms with Gasteiger partial charge in [0, 0.05) is 6.04 Å². The molecule has 0 bridgehead atoms. The lowest BCUT2D eigenvalue weighted by atomic mass is 9.77. The molecule has 1 aliphatic carbocycles. The molecule has 1 spiro atoms. The van der Waals surface area contributed by atoms with Gasteiger partial charge in [-0.25, -0.2) is 0 Å². The van der Waals surface area contributed by atoms with Crippen molar-refractivity contribution in [2.24, 2.45) is 11.1 Å². The van der Waals surface area contributed by atoms with Crippen LogP contribution in [0, 0.1) is 5.41 Å². The normalized spacial score (nSPS) is 27.4. The summed E-state index contributed by atoms with van der Waals surface area (Å²) in [6, 6.07) is 0.381. The number of piperidine rings is 1. The van der Waals surface area contributed by atoms with Crippen LogP contribution in [-0.2, 0) is 0 Å². The summed E-state index contributed by atoms with van der Waals surface area (Å²) in [6.45, 7) is 6.08. The zero-order chi connectivity index (χ0) is 11.4. The molecule has 1 saturated carbocycles. The SMILES string of the molecule is CC(N)CCCN1CCC2(CCCC2)CC1. The molecule has 0 aromatic rings. The van der Waals surface area contributed by atoms with Gasteiger partial charge in [0.1, 0.15) is 0 Å². The van der Waals surface area contributed by atoms with Crippen LogP contribution in [0.1, 0.15) is 58.3 Å². The lowest BCUT2D eigenvalue weighted by molar-refractivity contribution is 0.107. The van der Waals surface area contributed by atoms with E-state index in [2.05, 4.69) is 11.8 Å². The third-order valence-electron chi connectivity index (χ3n) is 4.71. The van der Waals surface area contributed by atoms with Crippen LogP contribution in [0.4, 0.5) is 0 Å². The summed E-state index contributed by atoms with van der Waals surface area (Å²) in [5.74, 6) is 0. The van der Waals surface area contributed by atoms with Crippen LogP contribution in [-0.4, -0.2) is 30.6 Å². The number of rotatable bonds is 4. The number of nitrogens with zero attached hydrogens (tertiary/aromatic N) is 1. The van der Waals surface area contributed by atoms with Gasteiger partial charge in [-0.3, -0.25) is 0 Å². The van der Waals surface area contributed by atoms with Crippen LogP contribution in [0.15, 0.2) is 0 Å². The quantitative estimate of drug-likeness (QED) is 0.795. The van der Waals surface area contributed by atoms with Gasteiger partial charge in [-0.05, 0) is 70.5 Å². The number of likely N-dealkylation sites (tertiary alicyclic amines) is 1. The zero-order valence-corrected chi connectivity index (χ0v) is 10.9. The van der Waals surface area contributed by atoms with E-state index in [0.717, 1.165) is 5.41 Å². The van der Waals surface area contributed by atoms with E-state index in [1.54, 1.807) is 0 Å². The average molecular weight is 224 g/mol. The Morgan fingerprint density at radius 1 is 1.12 bits per heavy atom. The van der Waals surface area contributed by atoms with Gasteiger partial charge in [0.05, 0.1) is 0 Å². The Balaban J connectivity index is 1.65. The summed E-state index contributed by atoms with van der Waals surface area (Å²) < 4.78 is 0. The molecule has 1 aliphatic heterocycles. The summed E-state index contributed by atoms with van der Waals surface area (Å²) in [4.78, 5) is 2.66. The van der Waals surface area contributed by atoms with Gasteiger partial charge in [0.15, 0.2) is 0 Å². The highest BCUT2D eigenvalue weighted by Gasteiger charge is 2.36. The third-order valence-corrected chi connectivity index (χ3v) is 4.71. The van der Waals surface area contributed by atoms with E-state index in [1.165, 1.54) is 71.0 Å². The first-order valence-corrected chi connectivity index (χ1v) is 7.18. The smallest absolute Gasteiger partial charge is 0.00109 e. The van der Waals surface area contributed by atoms with Crippen molar-refractivity contribution in [1.29, 1.82) is 0 Å². The maximum atomic E-state index is 5.78. The highest BCUT2D eigenvalue weighted by Crippen LogP contribution is 2.46. The maximum absolute atomic E-state index is 5.78. The van der Waals surface area contributed by atoms with Crippen LogP contribution >= 0.6 is 0 Å². The molecule has 1 unspecified atom stereocenters. The third kappa shape index (κ3) is 3.21. The lowest BCUT2D eigenvalue weighted by Crippen LogP contribution is -2.39. The highest BCUT2D eigenvalue weighted by molar-refractivity contribution is 4.89. The molecule has 1 saturated heterocycles. The van der Waals surface area contributed by atoms with Crippen molar-refractivity contribution in [3.8, 4) is 0 Å². The van der Waals surface area contributed by atoms with Crippen LogP contribution in [0.5, 0.6) is 0 Å². The Hall–Kier alpha value is -0.0800. The Kier molecular flexibility index (Phi) is 4.26. The predicted octanol–water partition coefficient (Wildman–Crippen LogP) is 2.77. The predicted molar refractivity (Wildman–Crippen MR) is 69.5 cm³/mol. The molecule has 94 valence electrons. The Labute approximate surface area is 101 Å². The average Bonchev–Trinajstić information content (AvgIpc) is 2.70. The minimum absolute atomic E-state index is 0.381. The van der Waals surface area contributed by atoms with E-state index in [0.29, 0.717) is 6.04 Å². The monoisotopic (exact) mass is 224 g/mol. The molecule has 0 radical (unpaired) electrons. The molecule has 0 amide bonds. The van der Waals surface area contributed by atoms with Gasteiger partial charge >= 0.3 is 0 Å². The minimum atomic E-state index is 0.381. The first kappa shape index (κ1) is 12.4. The first-order chi connectivity index (χ1) is 7.70. The standard InChI is InChI=1S/C14H28N2/c1-13(15)5-4-10-16-11-8-14(9-12-16)6-2-3-7-14/h13H,2-12,15H2,1H3. The van der Waals surface area contributed by atoms with Crippen LogP contribution in [0.25, 0.3) is 0 Å². The van der Waals surface area contributed by atoms with E-state index in [9.17, 15) is 0 Å². The fourth-order valence-corrected chi connectivity index (χ4v) is 3.51. The van der Waals surface area contributed by atoms with Crippen molar-refractivity contribution in [3.63, 3.8) is 0 Å². The molecular weight excluding hydrogens is 196 g/mol. The van der Waals surface area contributed by atoms with Crippen molar-refractivity contribution < 1.29 is 0 Å². The molecular formula is C14H28N2. The molecule has 1 heterocycles. The molecule has 16 heavy (non-hydrogen) atoms. The van der Waals surface area contributed by atoms with Gasteiger partial charge in [-0.1, -0.05) is 12.8 Å². The number of nitrogens with two attached hydrogens (primary N) is 1. The summed E-state index contributed by atoms with van der Waals surface area (Å²) in [6.07, 6.45) is 11.4. The fourth-order valence-electron chi connectivity index (χ4n) is 3.51. The van der Waals surface area contributed by atoms with Gasteiger partial charge in [-0.2, -0.15) is 0 Å². The molecule has 2 heteroatoms. The topological polar surface area (TPSA) is 29.3 Å². The zero-order valence-electron chi connectivity index (χ0n) is 10.9. The summed E-state index contributed by atoms with van der Waals surface area (Å²) in [5, 5.41) is 0. The van der Waals surface area contributed by atoms with Crippen LogP contribution in [0.2, 0.25) is 0 Å². The van der Waals surface area contributed by atoms with Gasteiger partial charge in [0.25, 0.3) is 0 Å². The van der Waals surface area contributed by atoms with E-state index in [4.69, 9.17) is 5.73 Å². The first-order valence-electron chi connectivity index (χ1n) is 7.18. The number of hydrogen-bond donors (Lipinski definition) is 1. The Bertz CT molecular complexity index is 197. The van der Waals surface area contributed by atoms with E-state index in [1.807, 2.05) is 0 Å². The second kappa shape index (κ2) is 5.50. The lowest BCUT2D eigenvalue weighted by Gasteiger charge is -2.39. The molecule has 2 fully saturated rings. The maximum Gasteiger partial charge on any atom is 0.00109 e. The summed E-state index contributed by atoms with van der Waals surface area (Å²) in [5.41, 5.74) is 6.56. The second-order valence-electron chi connectivity index (χ2n) is 6.17. The van der Waals surface area contributed by atoms with Crippen molar-refractivity contribution in [3.05, 3.63) is 0 Å². The summed E-state index contributed by atoms with van der Waals surface area (Å²) >= 11 is 0. The molecule has 2 nitrogen and oxygen atoms in total. The Morgan fingerprint density at radius 2 is 1.75 bits per heavy atom.